The second kappa shape index (κ2) is 8.14. The maximum atomic E-state index is 13.0. The van der Waals surface area contributed by atoms with Gasteiger partial charge >= 0.3 is 0 Å². The third kappa shape index (κ3) is 4.04. The average Bonchev–Trinajstić information content (AvgIpc) is 3.41. The molecule has 1 saturated heterocycles. The van der Waals surface area contributed by atoms with Crippen LogP contribution in [0.25, 0.3) is 11.1 Å². The van der Waals surface area contributed by atoms with Crippen LogP contribution in [0.4, 0.5) is 11.5 Å². The zero-order valence-corrected chi connectivity index (χ0v) is 19.4. The summed E-state index contributed by atoms with van der Waals surface area (Å²) < 4.78 is 0. The summed E-state index contributed by atoms with van der Waals surface area (Å²) in [6, 6.07) is 15.7. The number of rotatable bonds is 4. The Kier molecular flexibility index (Phi) is 5.28. The molecule has 1 amide bonds. The van der Waals surface area contributed by atoms with Crippen LogP contribution < -0.4 is 10.2 Å². The van der Waals surface area contributed by atoms with E-state index < -0.39 is 0 Å². The summed E-state index contributed by atoms with van der Waals surface area (Å²) in [6.45, 7) is 8.05. The summed E-state index contributed by atoms with van der Waals surface area (Å²) in [5, 5.41) is 3.05. The molecular formula is C28H29N3O2. The summed E-state index contributed by atoms with van der Waals surface area (Å²) in [4.78, 5) is 32.2. The Morgan fingerprint density at radius 1 is 1.00 bits per heavy atom. The number of aryl methyl sites for hydroxylation is 1. The van der Waals surface area contributed by atoms with Crippen molar-refractivity contribution in [3.8, 4) is 11.1 Å². The number of nitrogens with one attached hydrogen (secondary N) is 1. The molecule has 1 fully saturated rings. The predicted molar refractivity (Wildman–Crippen MR) is 132 cm³/mol. The quantitative estimate of drug-likeness (QED) is 0.569. The van der Waals surface area contributed by atoms with Gasteiger partial charge in [0.2, 0.25) is 0 Å². The molecule has 0 saturated carbocycles. The van der Waals surface area contributed by atoms with Gasteiger partial charge in [-0.25, -0.2) is 4.98 Å². The Balaban J connectivity index is 1.39. The van der Waals surface area contributed by atoms with E-state index in [1.165, 1.54) is 12.8 Å². The van der Waals surface area contributed by atoms with Crippen LogP contribution in [-0.4, -0.2) is 29.8 Å². The molecule has 5 nitrogen and oxygen atoms in total. The number of pyridine rings is 1. The van der Waals surface area contributed by atoms with Crippen molar-refractivity contribution < 1.29 is 9.59 Å². The van der Waals surface area contributed by atoms with Crippen molar-refractivity contribution in [3.05, 3.63) is 77.0 Å². The largest absolute Gasteiger partial charge is 0.357 e. The van der Waals surface area contributed by atoms with E-state index in [0.717, 1.165) is 58.8 Å². The third-order valence-corrected chi connectivity index (χ3v) is 6.84. The average molecular weight is 440 g/mol. The number of nitrogens with zero attached hydrogens (tertiary/aromatic N) is 2. The highest BCUT2D eigenvalue weighted by Gasteiger charge is 2.37. The molecule has 0 atom stereocenters. The molecule has 5 heteroatoms. The summed E-state index contributed by atoms with van der Waals surface area (Å²) in [5.41, 5.74) is 6.18. The first-order chi connectivity index (χ1) is 15.8. The first-order valence-corrected chi connectivity index (χ1v) is 11.6. The van der Waals surface area contributed by atoms with Crippen molar-refractivity contribution >= 4 is 23.2 Å². The van der Waals surface area contributed by atoms with Gasteiger partial charge in [0.25, 0.3) is 5.91 Å². The van der Waals surface area contributed by atoms with E-state index >= 15 is 0 Å². The lowest BCUT2D eigenvalue weighted by Gasteiger charge is -2.17. The molecule has 1 N–H and O–H groups in total. The van der Waals surface area contributed by atoms with Gasteiger partial charge in [0.05, 0.1) is 0 Å². The standard InChI is InChI=1S/C28H29N3O2/c1-18-6-8-22(30-27(33)20-10-11-29-25(15-20)31-12-4-5-13-31)16-24(18)19-7-9-23-21(14-19)17-28(2,3)26(23)32/h6-11,14-16H,4-5,12-13,17H2,1-3H3,(H,30,33). The van der Waals surface area contributed by atoms with E-state index in [2.05, 4.69) is 28.2 Å². The minimum atomic E-state index is -0.343. The van der Waals surface area contributed by atoms with Gasteiger partial charge in [0.1, 0.15) is 5.82 Å². The van der Waals surface area contributed by atoms with Crippen LogP contribution in [0.1, 0.15) is 58.5 Å². The minimum Gasteiger partial charge on any atom is -0.357 e. The number of hydrogen-bond donors (Lipinski definition) is 1. The number of carbonyl (C=O) groups excluding carboxylic acids is 2. The second-order valence-corrected chi connectivity index (χ2v) is 9.84. The fraction of sp³-hybridized carbons (Fsp3) is 0.321. The van der Waals surface area contributed by atoms with E-state index in [1.807, 2.05) is 50.2 Å². The molecule has 168 valence electrons. The molecule has 1 aliphatic heterocycles. The highest BCUT2D eigenvalue weighted by atomic mass is 16.1. The Labute approximate surface area is 194 Å². The normalized spacial score (nSPS) is 16.7. The highest BCUT2D eigenvalue weighted by Crippen LogP contribution is 2.38. The lowest BCUT2D eigenvalue weighted by molar-refractivity contribution is 0.0863. The van der Waals surface area contributed by atoms with Crippen LogP contribution in [0.3, 0.4) is 0 Å². The van der Waals surface area contributed by atoms with Gasteiger partial charge in [-0.1, -0.05) is 38.1 Å². The number of anilines is 2. The van der Waals surface area contributed by atoms with Crippen LogP contribution in [0.15, 0.2) is 54.7 Å². The van der Waals surface area contributed by atoms with Crippen LogP contribution in [0.2, 0.25) is 0 Å². The molecule has 1 aromatic heterocycles. The maximum Gasteiger partial charge on any atom is 0.255 e. The lowest BCUT2D eigenvalue weighted by Crippen LogP contribution is -2.20. The fourth-order valence-corrected chi connectivity index (χ4v) is 4.94. The predicted octanol–water partition coefficient (Wildman–Crippen LogP) is 5.67. The van der Waals surface area contributed by atoms with Crippen molar-refractivity contribution in [1.29, 1.82) is 0 Å². The molecule has 0 spiro atoms. The molecule has 2 heterocycles. The summed E-state index contributed by atoms with van der Waals surface area (Å²) in [5.74, 6) is 0.932. The van der Waals surface area contributed by atoms with Crippen LogP contribution in [0.5, 0.6) is 0 Å². The number of benzene rings is 2. The molecule has 5 rings (SSSR count). The topological polar surface area (TPSA) is 62.3 Å². The Morgan fingerprint density at radius 3 is 2.58 bits per heavy atom. The fourth-order valence-electron chi connectivity index (χ4n) is 4.94. The van der Waals surface area contributed by atoms with E-state index in [9.17, 15) is 9.59 Å². The van der Waals surface area contributed by atoms with Crippen molar-refractivity contribution in [3.63, 3.8) is 0 Å². The Bertz CT molecular complexity index is 1260. The first kappa shape index (κ1) is 21.4. The second-order valence-electron chi connectivity index (χ2n) is 9.84. The summed E-state index contributed by atoms with van der Waals surface area (Å²) in [7, 11) is 0. The van der Waals surface area contributed by atoms with Crippen molar-refractivity contribution in [1.82, 2.24) is 4.98 Å². The maximum absolute atomic E-state index is 13.0. The number of hydrogen-bond acceptors (Lipinski definition) is 4. The van der Waals surface area contributed by atoms with Gasteiger partial charge in [-0.2, -0.15) is 0 Å². The number of amides is 1. The SMILES string of the molecule is Cc1ccc(NC(=O)c2ccnc(N3CCCC3)c2)cc1-c1ccc2c(c1)CC(C)(C)C2=O. The monoisotopic (exact) mass is 439 g/mol. The lowest BCUT2D eigenvalue weighted by atomic mass is 9.89. The third-order valence-electron chi connectivity index (χ3n) is 6.84. The molecule has 1 aliphatic carbocycles. The van der Waals surface area contributed by atoms with E-state index in [1.54, 1.807) is 12.3 Å². The molecule has 0 bridgehead atoms. The van der Waals surface area contributed by atoms with Gasteiger partial charge < -0.3 is 10.2 Å². The zero-order chi connectivity index (χ0) is 23.2. The van der Waals surface area contributed by atoms with Crippen LogP contribution in [0, 0.1) is 12.3 Å². The van der Waals surface area contributed by atoms with E-state index in [4.69, 9.17) is 0 Å². The van der Waals surface area contributed by atoms with E-state index in [0.29, 0.717) is 5.56 Å². The summed E-state index contributed by atoms with van der Waals surface area (Å²) >= 11 is 0. The smallest absolute Gasteiger partial charge is 0.255 e. The molecular weight excluding hydrogens is 410 g/mol. The van der Waals surface area contributed by atoms with E-state index in [-0.39, 0.29) is 17.1 Å². The molecule has 0 radical (unpaired) electrons. The van der Waals surface area contributed by atoms with Crippen molar-refractivity contribution in [2.24, 2.45) is 5.41 Å². The minimum absolute atomic E-state index is 0.144. The molecule has 3 aromatic rings. The van der Waals surface area contributed by atoms with Crippen LogP contribution in [-0.2, 0) is 6.42 Å². The summed E-state index contributed by atoms with van der Waals surface area (Å²) in [6.07, 6.45) is 4.79. The van der Waals surface area contributed by atoms with Crippen LogP contribution >= 0.6 is 0 Å². The molecule has 2 aliphatic rings. The number of aromatic nitrogens is 1. The number of carbonyl (C=O) groups is 2. The zero-order valence-electron chi connectivity index (χ0n) is 19.4. The molecule has 2 aromatic carbocycles. The number of Topliss-reactive ketones (excluding diaryl/α,β-unsaturated/α-hetero) is 1. The molecule has 0 unspecified atom stereocenters. The van der Waals surface area contributed by atoms with Gasteiger partial charge in [0.15, 0.2) is 5.78 Å². The first-order valence-electron chi connectivity index (χ1n) is 11.6. The van der Waals surface area contributed by atoms with Gasteiger partial charge in [-0.3, -0.25) is 9.59 Å². The van der Waals surface area contributed by atoms with Gasteiger partial charge in [-0.05, 0) is 72.7 Å². The Hall–Kier alpha value is -3.47. The number of ketones is 1. The van der Waals surface area contributed by atoms with Gasteiger partial charge in [-0.15, -0.1) is 0 Å². The van der Waals surface area contributed by atoms with Gasteiger partial charge in [0, 0.05) is 41.5 Å². The molecule has 33 heavy (non-hydrogen) atoms. The Morgan fingerprint density at radius 2 is 1.79 bits per heavy atom. The number of fused-ring (bicyclic) bond motifs is 1. The van der Waals surface area contributed by atoms with Crippen molar-refractivity contribution in [2.45, 2.75) is 40.0 Å². The van der Waals surface area contributed by atoms with Crippen molar-refractivity contribution in [2.75, 3.05) is 23.3 Å². The highest BCUT2D eigenvalue weighted by molar-refractivity contribution is 6.06.